The summed E-state index contributed by atoms with van der Waals surface area (Å²) in [7, 11) is 0. The van der Waals surface area contributed by atoms with Crippen LogP contribution in [0.25, 0.3) is 11.4 Å². The van der Waals surface area contributed by atoms with E-state index in [1.54, 1.807) is 6.07 Å². The number of benzene rings is 2. The lowest BCUT2D eigenvalue weighted by atomic mass is 10.0. The highest BCUT2D eigenvalue weighted by atomic mass is 19.1. The number of nitrogens with zero attached hydrogens (tertiary/aromatic N) is 3. The molecule has 0 fully saturated rings. The minimum atomic E-state index is -0.841. The van der Waals surface area contributed by atoms with Gasteiger partial charge < -0.3 is 21.7 Å². The quantitative estimate of drug-likeness (QED) is 0.163. The molecule has 0 saturated heterocycles. The van der Waals surface area contributed by atoms with Crippen LogP contribution in [0, 0.1) is 5.82 Å². The number of aromatic amines is 1. The Kier molecular flexibility index (Phi) is 6.81. The number of fused-ring (bicyclic) bond motifs is 1. The average Bonchev–Trinajstić information content (AvgIpc) is 3.64. The van der Waals surface area contributed by atoms with Gasteiger partial charge in [-0.1, -0.05) is 29.4 Å². The maximum atomic E-state index is 15.0. The third kappa shape index (κ3) is 5.14. The van der Waals surface area contributed by atoms with Crippen molar-refractivity contribution in [2.24, 2.45) is 0 Å². The van der Waals surface area contributed by atoms with Crippen molar-refractivity contribution in [1.82, 2.24) is 30.7 Å². The fourth-order valence-corrected chi connectivity index (χ4v) is 4.85. The SMILES string of the molecule is Nc1c(Nc2cccc(CNC(=O)c3cc(C(=O)N[C@H]4CCc5cc(-c6noc(=O)[nH]6)ccc54)ncn3)c2F)c(=O)c1=O. The summed E-state index contributed by atoms with van der Waals surface area (Å²) in [6.45, 7) is -0.240. The molecule has 0 spiro atoms. The number of aromatic nitrogens is 4. The number of rotatable bonds is 8. The van der Waals surface area contributed by atoms with E-state index in [1.165, 1.54) is 24.3 Å². The number of nitrogens with two attached hydrogens (primary N) is 1. The Morgan fingerprint density at radius 1 is 1.05 bits per heavy atom. The van der Waals surface area contributed by atoms with Gasteiger partial charge in [-0.2, -0.15) is 0 Å². The fourth-order valence-electron chi connectivity index (χ4n) is 4.85. The highest BCUT2D eigenvalue weighted by molar-refractivity contribution is 5.97. The Hall–Kier alpha value is -5.99. The van der Waals surface area contributed by atoms with Gasteiger partial charge in [-0.05, 0) is 36.1 Å². The maximum absolute atomic E-state index is 15.0. The van der Waals surface area contributed by atoms with E-state index in [1.807, 2.05) is 12.1 Å². The zero-order valence-electron chi connectivity index (χ0n) is 22.1. The standard InChI is InChI=1S/C28H21FN8O6/c29-20-14(2-1-3-17(20)34-22-21(30)23(38)24(22)39)10-31-26(40)18-9-19(33-11-32-18)27(41)35-16-7-5-12-8-13(4-6-15(12)16)25-36-28(42)43-37-25/h1-4,6,8-9,11,16,34H,5,7,10,30H2,(H,31,40)(H,35,41)(H,36,37,42)/t16-/m0/s1. The van der Waals surface area contributed by atoms with Crippen LogP contribution in [0.15, 0.2) is 67.7 Å². The largest absolute Gasteiger partial charge is 0.439 e. The van der Waals surface area contributed by atoms with Crippen molar-refractivity contribution >= 4 is 28.9 Å². The van der Waals surface area contributed by atoms with Crippen LogP contribution in [0.1, 0.15) is 50.1 Å². The normalized spacial score (nSPS) is 13.9. The molecular weight excluding hydrogens is 563 g/mol. The molecule has 1 atom stereocenters. The summed E-state index contributed by atoms with van der Waals surface area (Å²) in [6.07, 6.45) is 2.39. The number of anilines is 3. The van der Waals surface area contributed by atoms with Crippen LogP contribution in [0.3, 0.4) is 0 Å². The van der Waals surface area contributed by atoms with Gasteiger partial charge in [0.1, 0.15) is 29.1 Å². The van der Waals surface area contributed by atoms with Crippen LogP contribution < -0.4 is 38.3 Å². The predicted molar refractivity (Wildman–Crippen MR) is 150 cm³/mol. The molecule has 14 nitrogen and oxygen atoms in total. The number of hydrogen-bond donors (Lipinski definition) is 5. The molecule has 1 aliphatic carbocycles. The minimum absolute atomic E-state index is 0.0339. The summed E-state index contributed by atoms with van der Waals surface area (Å²) < 4.78 is 19.6. The summed E-state index contributed by atoms with van der Waals surface area (Å²) in [5.74, 6) is -2.28. The number of carbonyl (C=O) groups is 2. The molecule has 2 heterocycles. The van der Waals surface area contributed by atoms with Crippen LogP contribution in [0.2, 0.25) is 0 Å². The third-order valence-corrected chi connectivity index (χ3v) is 7.10. The highest BCUT2D eigenvalue weighted by Crippen LogP contribution is 2.33. The van der Waals surface area contributed by atoms with Crippen LogP contribution in [-0.2, 0) is 13.0 Å². The van der Waals surface area contributed by atoms with Crippen molar-refractivity contribution in [1.29, 1.82) is 0 Å². The first-order valence-electron chi connectivity index (χ1n) is 12.9. The number of H-pyrrole nitrogens is 1. The van der Waals surface area contributed by atoms with Gasteiger partial charge in [0.2, 0.25) is 0 Å². The number of aryl methyl sites for hydroxylation is 1. The Morgan fingerprint density at radius 3 is 2.58 bits per heavy atom. The predicted octanol–water partition coefficient (Wildman–Crippen LogP) is 1.23. The molecule has 0 radical (unpaired) electrons. The summed E-state index contributed by atoms with van der Waals surface area (Å²) in [4.78, 5) is 70.5. The van der Waals surface area contributed by atoms with Gasteiger partial charge in [0.25, 0.3) is 22.7 Å². The average molecular weight is 585 g/mol. The molecule has 15 heteroatoms. The van der Waals surface area contributed by atoms with Crippen molar-refractivity contribution < 1.29 is 18.5 Å². The van der Waals surface area contributed by atoms with Gasteiger partial charge in [0.05, 0.1) is 11.7 Å². The van der Waals surface area contributed by atoms with Gasteiger partial charge in [-0.3, -0.25) is 28.7 Å². The number of carbonyl (C=O) groups excluding carboxylic acids is 2. The fraction of sp³-hybridized carbons (Fsp3) is 0.143. The summed E-state index contributed by atoms with van der Waals surface area (Å²) in [5.41, 5.74) is 5.76. The Labute approximate surface area is 239 Å². The van der Waals surface area contributed by atoms with E-state index in [0.717, 1.165) is 17.5 Å². The topological polar surface area (TPSA) is 215 Å². The number of amides is 2. The Morgan fingerprint density at radius 2 is 1.84 bits per heavy atom. The first kappa shape index (κ1) is 27.2. The van der Waals surface area contributed by atoms with Crippen molar-refractivity contribution in [2.45, 2.75) is 25.4 Å². The third-order valence-electron chi connectivity index (χ3n) is 7.10. The van der Waals surface area contributed by atoms with Crippen molar-refractivity contribution in [3.05, 3.63) is 114 Å². The number of halogens is 1. The zero-order chi connectivity index (χ0) is 30.2. The van der Waals surface area contributed by atoms with E-state index in [-0.39, 0.29) is 46.6 Å². The molecule has 0 unspecified atom stereocenters. The molecule has 0 aliphatic heterocycles. The lowest BCUT2D eigenvalue weighted by Crippen LogP contribution is -2.36. The van der Waals surface area contributed by atoms with Crippen molar-refractivity contribution in [3.8, 4) is 11.4 Å². The molecule has 43 heavy (non-hydrogen) atoms. The molecule has 0 bridgehead atoms. The number of hydrogen-bond acceptors (Lipinski definition) is 11. The number of nitrogens with one attached hydrogen (secondary N) is 4. The summed E-state index contributed by atoms with van der Waals surface area (Å²) in [6, 6.07) is 10.7. The molecule has 6 rings (SSSR count). The molecule has 3 aromatic carbocycles. The maximum Gasteiger partial charge on any atom is 0.439 e. The van der Waals surface area contributed by atoms with Crippen molar-refractivity contribution in [2.75, 3.05) is 11.1 Å². The van der Waals surface area contributed by atoms with Gasteiger partial charge in [-0.25, -0.2) is 19.2 Å². The Balaban J connectivity index is 1.10. The van der Waals surface area contributed by atoms with Crippen LogP contribution >= 0.6 is 0 Å². The van der Waals surface area contributed by atoms with Crippen LogP contribution in [0.4, 0.5) is 21.5 Å². The lowest BCUT2D eigenvalue weighted by Gasteiger charge is -2.14. The van der Waals surface area contributed by atoms with E-state index in [2.05, 4.69) is 40.6 Å². The highest BCUT2D eigenvalue weighted by Gasteiger charge is 2.26. The summed E-state index contributed by atoms with van der Waals surface area (Å²) >= 11 is 0. The molecule has 0 saturated carbocycles. The molecule has 1 aliphatic rings. The van der Waals surface area contributed by atoms with E-state index >= 15 is 4.39 Å². The molecular formula is C28H21FN8O6. The smallest absolute Gasteiger partial charge is 0.394 e. The first-order valence-corrected chi connectivity index (χ1v) is 12.9. The minimum Gasteiger partial charge on any atom is -0.394 e. The van der Waals surface area contributed by atoms with Crippen molar-refractivity contribution in [3.63, 3.8) is 0 Å². The molecule has 5 aromatic rings. The van der Waals surface area contributed by atoms with Gasteiger partial charge in [-0.15, -0.1) is 0 Å². The first-order chi connectivity index (χ1) is 20.7. The zero-order valence-corrected chi connectivity index (χ0v) is 22.1. The van der Waals surface area contributed by atoms with Gasteiger partial charge >= 0.3 is 5.76 Å². The van der Waals surface area contributed by atoms with Crippen LogP contribution in [-0.4, -0.2) is 31.9 Å². The Bertz CT molecular complexity index is 2040. The van der Waals surface area contributed by atoms with E-state index in [0.29, 0.717) is 24.2 Å². The second-order valence-electron chi connectivity index (χ2n) is 9.74. The van der Waals surface area contributed by atoms with Crippen LogP contribution in [0.5, 0.6) is 0 Å². The molecule has 2 aromatic heterocycles. The monoisotopic (exact) mass is 584 g/mol. The second kappa shape index (κ2) is 10.8. The van der Waals surface area contributed by atoms with E-state index in [4.69, 9.17) is 5.73 Å². The lowest BCUT2D eigenvalue weighted by molar-refractivity contribution is 0.0931. The van der Waals surface area contributed by atoms with Gasteiger partial charge in [0, 0.05) is 23.7 Å². The molecule has 216 valence electrons. The van der Waals surface area contributed by atoms with E-state index < -0.39 is 34.2 Å². The number of nitrogen functional groups attached to an aromatic ring is 1. The molecule has 6 N–H and O–H groups in total. The summed E-state index contributed by atoms with van der Waals surface area (Å²) in [5, 5.41) is 11.7. The van der Waals surface area contributed by atoms with E-state index in [9.17, 15) is 24.0 Å². The second-order valence-corrected chi connectivity index (χ2v) is 9.74. The van der Waals surface area contributed by atoms with Gasteiger partial charge in [0.15, 0.2) is 11.6 Å². The molecule has 2 amide bonds.